The van der Waals surface area contributed by atoms with Gasteiger partial charge in [-0.05, 0) is 50.1 Å². The number of rotatable bonds is 10. The third-order valence-electron chi connectivity index (χ3n) is 3.90. The molecule has 0 bridgehead atoms. The molecule has 1 amide bonds. The van der Waals surface area contributed by atoms with E-state index in [0.717, 1.165) is 17.7 Å². The molecule has 2 aromatic rings. The Hall–Kier alpha value is -3.39. The molecule has 0 radical (unpaired) electrons. The molecular weight excluding hydrogens is 366 g/mol. The van der Waals surface area contributed by atoms with Crippen LogP contribution in [0.5, 0.6) is 17.2 Å². The summed E-state index contributed by atoms with van der Waals surface area (Å²) in [5.74, 6) is 7.56. The number of allylic oxidation sites excluding steroid dienone is 1. The molecule has 2 aromatic carbocycles. The van der Waals surface area contributed by atoms with Gasteiger partial charge in [-0.3, -0.25) is 4.79 Å². The van der Waals surface area contributed by atoms with Crippen LogP contribution in [0, 0.1) is 11.8 Å². The number of carbonyl (C=O) groups is 1. The van der Waals surface area contributed by atoms with E-state index in [2.05, 4.69) is 23.7 Å². The first-order valence-corrected chi connectivity index (χ1v) is 9.64. The largest absolute Gasteiger partial charge is 0.490 e. The number of nitrogens with one attached hydrogen (secondary N) is 1. The molecule has 5 heteroatoms. The zero-order valence-electron chi connectivity index (χ0n) is 17.0. The molecule has 0 fully saturated rings. The zero-order chi connectivity index (χ0) is 20.9. The van der Waals surface area contributed by atoms with E-state index >= 15 is 0 Å². The Bertz CT molecular complexity index is 880. The molecule has 2 rings (SSSR count). The lowest BCUT2D eigenvalue weighted by atomic mass is 10.1. The van der Waals surface area contributed by atoms with Crippen molar-refractivity contribution in [2.24, 2.45) is 0 Å². The van der Waals surface area contributed by atoms with E-state index in [4.69, 9.17) is 14.2 Å². The molecule has 0 saturated carbocycles. The van der Waals surface area contributed by atoms with Crippen LogP contribution in [0.2, 0.25) is 0 Å². The zero-order valence-corrected chi connectivity index (χ0v) is 17.0. The number of para-hydroxylation sites is 1. The van der Waals surface area contributed by atoms with Crippen molar-refractivity contribution in [2.45, 2.75) is 20.3 Å². The Morgan fingerprint density at radius 1 is 1.00 bits per heavy atom. The van der Waals surface area contributed by atoms with Crippen LogP contribution in [-0.2, 0) is 6.42 Å². The van der Waals surface area contributed by atoms with Gasteiger partial charge in [-0.1, -0.05) is 36.1 Å². The van der Waals surface area contributed by atoms with Gasteiger partial charge < -0.3 is 19.5 Å². The summed E-state index contributed by atoms with van der Waals surface area (Å²) < 4.78 is 16.8. The molecule has 0 aliphatic heterocycles. The lowest BCUT2D eigenvalue weighted by molar-refractivity contribution is 0.0958. The SMILES string of the molecule is C=CCc1ccccc1OCC#CCNC(=O)c1ccc(OCC)c(OCC)c1. The molecule has 5 nitrogen and oxygen atoms in total. The first-order chi connectivity index (χ1) is 14.2. The third-order valence-corrected chi connectivity index (χ3v) is 3.90. The van der Waals surface area contributed by atoms with E-state index in [1.807, 2.05) is 44.2 Å². The highest BCUT2D eigenvalue weighted by Crippen LogP contribution is 2.28. The Morgan fingerprint density at radius 3 is 2.52 bits per heavy atom. The molecule has 1 N–H and O–H groups in total. The van der Waals surface area contributed by atoms with Gasteiger partial charge in [0.15, 0.2) is 11.5 Å². The van der Waals surface area contributed by atoms with Crippen LogP contribution < -0.4 is 19.5 Å². The molecule has 0 aliphatic rings. The van der Waals surface area contributed by atoms with Crippen molar-refractivity contribution in [3.63, 3.8) is 0 Å². The monoisotopic (exact) mass is 393 g/mol. The fourth-order valence-electron chi connectivity index (χ4n) is 2.62. The van der Waals surface area contributed by atoms with Gasteiger partial charge in [0, 0.05) is 5.56 Å². The molecular formula is C24H27NO4. The summed E-state index contributed by atoms with van der Waals surface area (Å²) in [4.78, 5) is 12.3. The first-order valence-electron chi connectivity index (χ1n) is 9.64. The number of amides is 1. The highest BCUT2D eigenvalue weighted by molar-refractivity contribution is 5.95. The Morgan fingerprint density at radius 2 is 1.76 bits per heavy atom. The Balaban J connectivity index is 1.86. The molecule has 0 unspecified atom stereocenters. The van der Waals surface area contributed by atoms with E-state index in [0.29, 0.717) is 30.3 Å². The molecule has 0 aliphatic carbocycles. The van der Waals surface area contributed by atoms with Crippen LogP contribution >= 0.6 is 0 Å². The summed E-state index contributed by atoms with van der Waals surface area (Å²) in [6.07, 6.45) is 2.58. The average molecular weight is 393 g/mol. The fourth-order valence-corrected chi connectivity index (χ4v) is 2.62. The highest BCUT2D eigenvalue weighted by Gasteiger charge is 2.10. The second-order valence-electron chi connectivity index (χ2n) is 5.95. The summed E-state index contributed by atoms with van der Waals surface area (Å²) >= 11 is 0. The smallest absolute Gasteiger partial charge is 0.252 e. The number of ether oxygens (including phenoxy) is 3. The molecule has 29 heavy (non-hydrogen) atoms. The maximum absolute atomic E-state index is 12.3. The van der Waals surface area contributed by atoms with Gasteiger partial charge in [0.05, 0.1) is 19.8 Å². The Kier molecular flexibility index (Phi) is 9.17. The summed E-state index contributed by atoms with van der Waals surface area (Å²) in [6, 6.07) is 12.9. The van der Waals surface area contributed by atoms with E-state index < -0.39 is 0 Å². The van der Waals surface area contributed by atoms with Gasteiger partial charge in [-0.15, -0.1) is 6.58 Å². The fraction of sp³-hybridized carbons (Fsp3) is 0.292. The lowest BCUT2D eigenvalue weighted by Crippen LogP contribution is -2.23. The standard InChI is InChI=1S/C24H27NO4/c1-4-11-19-12-7-8-13-21(19)29-17-10-9-16-25-24(26)20-14-15-22(27-5-2)23(18-20)28-6-3/h4,7-8,12-15,18H,1,5-6,11,16-17H2,2-3H3,(H,25,26). The minimum atomic E-state index is -0.222. The topological polar surface area (TPSA) is 56.8 Å². The lowest BCUT2D eigenvalue weighted by Gasteiger charge is -2.12. The van der Waals surface area contributed by atoms with Crippen LogP contribution in [-0.4, -0.2) is 32.3 Å². The quantitative estimate of drug-likeness (QED) is 0.489. The highest BCUT2D eigenvalue weighted by atomic mass is 16.5. The van der Waals surface area contributed by atoms with Crippen LogP contribution in [0.3, 0.4) is 0 Å². The van der Waals surface area contributed by atoms with Gasteiger partial charge in [0.2, 0.25) is 0 Å². The molecule has 0 spiro atoms. The van der Waals surface area contributed by atoms with Crippen LogP contribution in [0.25, 0.3) is 0 Å². The second-order valence-corrected chi connectivity index (χ2v) is 5.95. The van der Waals surface area contributed by atoms with Crippen molar-refractivity contribution in [1.82, 2.24) is 5.32 Å². The van der Waals surface area contributed by atoms with Crippen molar-refractivity contribution >= 4 is 5.91 Å². The van der Waals surface area contributed by atoms with Gasteiger partial charge in [0.25, 0.3) is 5.91 Å². The van der Waals surface area contributed by atoms with Gasteiger partial charge in [-0.2, -0.15) is 0 Å². The third kappa shape index (κ3) is 6.93. The van der Waals surface area contributed by atoms with Crippen LogP contribution in [0.1, 0.15) is 29.8 Å². The number of carbonyl (C=O) groups excluding carboxylic acids is 1. The predicted octanol–water partition coefficient (Wildman–Crippen LogP) is 4.02. The van der Waals surface area contributed by atoms with Gasteiger partial charge in [-0.25, -0.2) is 0 Å². The molecule has 0 heterocycles. The van der Waals surface area contributed by atoms with Crippen LogP contribution in [0.15, 0.2) is 55.1 Å². The van der Waals surface area contributed by atoms with Gasteiger partial charge in [0.1, 0.15) is 12.4 Å². The van der Waals surface area contributed by atoms with Crippen molar-refractivity contribution in [1.29, 1.82) is 0 Å². The van der Waals surface area contributed by atoms with Crippen molar-refractivity contribution in [3.8, 4) is 29.1 Å². The summed E-state index contributed by atoms with van der Waals surface area (Å²) in [6.45, 7) is 9.04. The first kappa shape index (κ1) is 21.9. The van der Waals surface area contributed by atoms with Crippen molar-refractivity contribution in [3.05, 3.63) is 66.2 Å². The minimum absolute atomic E-state index is 0.222. The molecule has 152 valence electrons. The minimum Gasteiger partial charge on any atom is -0.490 e. The molecule has 0 aromatic heterocycles. The maximum Gasteiger partial charge on any atom is 0.252 e. The molecule has 0 atom stereocenters. The number of hydrogen-bond acceptors (Lipinski definition) is 4. The number of benzene rings is 2. The van der Waals surface area contributed by atoms with Crippen molar-refractivity contribution < 1.29 is 19.0 Å². The summed E-state index contributed by atoms with van der Waals surface area (Å²) in [5, 5.41) is 2.77. The Labute approximate surface area is 172 Å². The number of hydrogen-bond donors (Lipinski definition) is 1. The van der Waals surface area contributed by atoms with Gasteiger partial charge >= 0.3 is 0 Å². The van der Waals surface area contributed by atoms with E-state index in [1.54, 1.807) is 18.2 Å². The van der Waals surface area contributed by atoms with E-state index in [9.17, 15) is 4.79 Å². The maximum atomic E-state index is 12.3. The van der Waals surface area contributed by atoms with E-state index in [1.165, 1.54) is 0 Å². The second kappa shape index (κ2) is 12.1. The normalized spacial score (nSPS) is 9.72. The van der Waals surface area contributed by atoms with Crippen LogP contribution in [0.4, 0.5) is 0 Å². The summed E-state index contributed by atoms with van der Waals surface area (Å²) in [7, 11) is 0. The molecule has 0 saturated heterocycles. The summed E-state index contributed by atoms with van der Waals surface area (Å²) in [5.41, 5.74) is 1.56. The average Bonchev–Trinajstić information content (AvgIpc) is 2.73. The van der Waals surface area contributed by atoms with E-state index in [-0.39, 0.29) is 19.1 Å². The predicted molar refractivity (Wildman–Crippen MR) is 115 cm³/mol. The van der Waals surface area contributed by atoms with Crippen molar-refractivity contribution in [2.75, 3.05) is 26.4 Å².